The van der Waals surface area contributed by atoms with Gasteiger partial charge in [0.2, 0.25) is 25.9 Å². The lowest BCUT2D eigenvalue weighted by Crippen LogP contribution is -2.32. The normalized spacial score (nSPS) is 16.5. The zero-order valence-electron chi connectivity index (χ0n) is 16.9. The summed E-state index contributed by atoms with van der Waals surface area (Å²) in [5.41, 5.74) is 0.938. The molecule has 0 spiro atoms. The first-order valence-corrected chi connectivity index (χ1v) is 12.3. The molecule has 0 unspecified atom stereocenters. The van der Waals surface area contributed by atoms with E-state index in [1.165, 1.54) is 18.4 Å². The van der Waals surface area contributed by atoms with Crippen LogP contribution in [0.25, 0.3) is 11.7 Å². The zero-order chi connectivity index (χ0) is 21.8. The molecule has 10 heteroatoms. The molecular weight excluding hydrogens is 440 g/mol. The fourth-order valence-electron chi connectivity index (χ4n) is 3.10. The van der Waals surface area contributed by atoms with Gasteiger partial charge in [0.1, 0.15) is 0 Å². The minimum Gasteiger partial charge on any atom is -0.459 e. The molecular formula is C21H22N2O6S2. The topological polar surface area (TPSA) is 112 Å². The average Bonchev–Trinajstić information content (AvgIpc) is 3.52. The Kier molecular flexibility index (Phi) is 6.49. The number of amides is 1. The highest BCUT2D eigenvalue weighted by Crippen LogP contribution is 2.35. The molecule has 1 fully saturated rings. The van der Waals surface area contributed by atoms with Gasteiger partial charge in [-0.05, 0) is 44.0 Å². The molecule has 1 amide bonds. The smallest absolute Gasteiger partial charge is 0.265 e. The molecule has 0 saturated carbocycles. The van der Waals surface area contributed by atoms with Crippen molar-refractivity contribution >= 4 is 27.5 Å². The van der Waals surface area contributed by atoms with Crippen molar-refractivity contribution in [1.29, 1.82) is 0 Å². The van der Waals surface area contributed by atoms with Crippen LogP contribution in [0.5, 0.6) is 0 Å². The summed E-state index contributed by atoms with van der Waals surface area (Å²) in [6.45, 7) is 3.02. The molecule has 31 heavy (non-hydrogen) atoms. The minimum atomic E-state index is -3.95. The van der Waals surface area contributed by atoms with Gasteiger partial charge in [0.15, 0.2) is 5.76 Å². The first-order valence-electron chi connectivity index (χ1n) is 9.81. The van der Waals surface area contributed by atoms with Crippen molar-refractivity contribution in [2.75, 3.05) is 18.9 Å². The summed E-state index contributed by atoms with van der Waals surface area (Å²) in [6.07, 6.45) is 3.38. The Morgan fingerprint density at radius 3 is 2.74 bits per heavy atom. The number of carbonyl (C=O) groups is 1. The van der Waals surface area contributed by atoms with Crippen molar-refractivity contribution in [3.8, 4) is 11.7 Å². The second-order valence-electron chi connectivity index (χ2n) is 7.13. The standard InChI is InChI=1S/C21H22N2O6S2/c1-14-6-8-16(9-7-14)31(25,26)20-21(29-19(23-20)17-5-3-11-28-17)30-13-18(24)22-12-15-4-2-10-27-15/h3,5-9,11,15H,2,4,10,12-13H2,1H3,(H,22,24)/t15-/m0/s1. The number of furan rings is 1. The number of aromatic nitrogens is 1. The number of hydrogen-bond donors (Lipinski definition) is 1. The maximum absolute atomic E-state index is 13.2. The van der Waals surface area contributed by atoms with Crippen LogP contribution in [0.1, 0.15) is 18.4 Å². The number of nitrogens with one attached hydrogen (secondary N) is 1. The van der Waals surface area contributed by atoms with Gasteiger partial charge < -0.3 is 18.9 Å². The van der Waals surface area contributed by atoms with Crippen molar-refractivity contribution in [2.24, 2.45) is 0 Å². The van der Waals surface area contributed by atoms with E-state index in [2.05, 4.69) is 10.3 Å². The molecule has 0 bridgehead atoms. The van der Waals surface area contributed by atoms with Crippen molar-refractivity contribution in [2.45, 2.75) is 40.9 Å². The predicted octanol–water partition coefficient (Wildman–Crippen LogP) is 3.46. The molecule has 1 saturated heterocycles. The number of sulfone groups is 1. The molecule has 4 rings (SSSR count). The largest absolute Gasteiger partial charge is 0.459 e. The highest BCUT2D eigenvalue weighted by atomic mass is 32.2. The Labute approximate surface area is 184 Å². The maximum atomic E-state index is 13.2. The molecule has 1 aliphatic heterocycles. The van der Waals surface area contributed by atoms with Crippen LogP contribution in [-0.2, 0) is 19.4 Å². The van der Waals surface area contributed by atoms with Gasteiger partial charge in [0, 0.05) is 13.2 Å². The number of nitrogens with zero attached hydrogens (tertiary/aromatic N) is 1. The summed E-state index contributed by atoms with van der Waals surface area (Å²) in [7, 11) is -3.95. The van der Waals surface area contributed by atoms with Crippen LogP contribution in [0.3, 0.4) is 0 Å². The van der Waals surface area contributed by atoms with Gasteiger partial charge in [-0.1, -0.05) is 29.5 Å². The number of rotatable bonds is 8. The monoisotopic (exact) mass is 462 g/mol. The molecule has 1 aromatic carbocycles. The van der Waals surface area contributed by atoms with Crippen LogP contribution in [0.2, 0.25) is 0 Å². The van der Waals surface area contributed by atoms with Crippen LogP contribution in [0.15, 0.2) is 66.5 Å². The Balaban J connectivity index is 1.55. The third-order valence-corrected chi connectivity index (χ3v) is 7.52. The summed E-state index contributed by atoms with van der Waals surface area (Å²) in [5.74, 6) is 0.0822. The summed E-state index contributed by atoms with van der Waals surface area (Å²) in [6, 6.07) is 9.75. The molecule has 0 aliphatic carbocycles. The van der Waals surface area contributed by atoms with Crippen LogP contribution in [0, 0.1) is 6.92 Å². The van der Waals surface area contributed by atoms with E-state index in [0.29, 0.717) is 18.9 Å². The second-order valence-corrected chi connectivity index (χ2v) is 9.95. The number of aryl methyl sites for hydroxylation is 1. The van der Waals surface area contributed by atoms with E-state index in [1.54, 1.807) is 24.3 Å². The van der Waals surface area contributed by atoms with Gasteiger partial charge in [-0.2, -0.15) is 4.98 Å². The fraction of sp³-hybridized carbons (Fsp3) is 0.333. The van der Waals surface area contributed by atoms with Crippen LogP contribution in [0.4, 0.5) is 0 Å². The number of carbonyl (C=O) groups excluding carboxylic acids is 1. The Morgan fingerprint density at radius 2 is 2.06 bits per heavy atom. The summed E-state index contributed by atoms with van der Waals surface area (Å²) >= 11 is 0.978. The first kappa shape index (κ1) is 21.7. The number of hydrogen-bond acceptors (Lipinski definition) is 8. The summed E-state index contributed by atoms with van der Waals surface area (Å²) in [5, 5.41) is 2.62. The summed E-state index contributed by atoms with van der Waals surface area (Å²) in [4.78, 5) is 16.5. The highest BCUT2D eigenvalue weighted by molar-refractivity contribution is 8.00. The molecule has 0 radical (unpaired) electrons. The summed E-state index contributed by atoms with van der Waals surface area (Å²) < 4.78 is 42.9. The molecule has 1 atom stereocenters. The van der Waals surface area contributed by atoms with Gasteiger partial charge in [0.05, 0.1) is 23.0 Å². The van der Waals surface area contributed by atoms with Crippen molar-refractivity contribution in [1.82, 2.24) is 10.3 Å². The number of oxazole rings is 1. The van der Waals surface area contributed by atoms with Crippen LogP contribution in [-0.4, -0.2) is 44.3 Å². The molecule has 3 heterocycles. The van der Waals surface area contributed by atoms with E-state index in [0.717, 1.165) is 30.2 Å². The van der Waals surface area contributed by atoms with Gasteiger partial charge in [0.25, 0.3) is 5.89 Å². The Hall–Kier alpha value is -2.56. The lowest BCUT2D eigenvalue weighted by Gasteiger charge is -2.10. The second kappa shape index (κ2) is 9.29. The third kappa shape index (κ3) is 5.03. The number of benzene rings is 1. The van der Waals surface area contributed by atoms with Crippen LogP contribution >= 0.6 is 11.8 Å². The van der Waals surface area contributed by atoms with E-state index in [4.69, 9.17) is 13.6 Å². The van der Waals surface area contributed by atoms with Gasteiger partial charge in [-0.15, -0.1) is 0 Å². The van der Waals surface area contributed by atoms with Gasteiger partial charge in [-0.25, -0.2) is 8.42 Å². The first-order chi connectivity index (χ1) is 14.9. The molecule has 1 aliphatic rings. The van der Waals surface area contributed by atoms with E-state index in [9.17, 15) is 13.2 Å². The van der Waals surface area contributed by atoms with Crippen molar-refractivity contribution in [3.05, 3.63) is 48.2 Å². The van der Waals surface area contributed by atoms with E-state index >= 15 is 0 Å². The van der Waals surface area contributed by atoms with Crippen LogP contribution < -0.4 is 5.32 Å². The minimum absolute atomic E-state index is 0.0179. The predicted molar refractivity (Wildman–Crippen MR) is 114 cm³/mol. The lowest BCUT2D eigenvalue weighted by atomic mass is 10.2. The fourth-order valence-corrected chi connectivity index (χ4v) is 5.46. The Morgan fingerprint density at radius 1 is 1.26 bits per heavy atom. The van der Waals surface area contributed by atoms with Gasteiger partial charge in [-0.3, -0.25) is 4.79 Å². The van der Waals surface area contributed by atoms with Crippen molar-refractivity contribution in [3.63, 3.8) is 0 Å². The maximum Gasteiger partial charge on any atom is 0.265 e. The highest BCUT2D eigenvalue weighted by Gasteiger charge is 2.30. The third-order valence-electron chi connectivity index (χ3n) is 4.77. The number of ether oxygens (including phenoxy) is 1. The molecule has 1 N–H and O–H groups in total. The van der Waals surface area contributed by atoms with Gasteiger partial charge >= 0.3 is 0 Å². The molecule has 164 valence electrons. The molecule has 8 nitrogen and oxygen atoms in total. The quantitative estimate of drug-likeness (QED) is 0.507. The van der Waals surface area contributed by atoms with E-state index < -0.39 is 9.84 Å². The van der Waals surface area contributed by atoms with E-state index in [1.807, 2.05) is 6.92 Å². The lowest BCUT2D eigenvalue weighted by molar-refractivity contribution is -0.119. The Bertz CT molecular complexity index is 1130. The number of thioether (sulfide) groups is 1. The molecule has 2 aromatic heterocycles. The SMILES string of the molecule is Cc1ccc(S(=O)(=O)c2nc(-c3ccco3)oc2SCC(=O)NC[C@@H]2CCCO2)cc1. The van der Waals surface area contributed by atoms with E-state index in [-0.39, 0.29) is 38.7 Å². The molecule has 3 aromatic rings. The average molecular weight is 463 g/mol. The van der Waals surface area contributed by atoms with Crippen molar-refractivity contribution < 1.29 is 26.8 Å². The zero-order valence-corrected chi connectivity index (χ0v) is 18.5.